The topological polar surface area (TPSA) is 68.2 Å². The van der Waals surface area contributed by atoms with Gasteiger partial charge in [0.2, 0.25) is 0 Å². The molecular formula is C26H28N4O2. The van der Waals surface area contributed by atoms with Crippen LogP contribution in [0.5, 0.6) is 5.75 Å². The number of hydrogen-bond donors (Lipinski definition) is 2. The number of hydrogen-bond acceptors (Lipinski definition) is 3. The summed E-state index contributed by atoms with van der Waals surface area (Å²) in [5, 5.41) is 12.6. The minimum absolute atomic E-state index is 0.323. The number of ether oxygens (including phenoxy) is 1. The van der Waals surface area contributed by atoms with Gasteiger partial charge < -0.3 is 10.1 Å². The van der Waals surface area contributed by atoms with Gasteiger partial charge in [0.1, 0.15) is 11.6 Å². The van der Waals surface area contributed by atoms with Gasteiger partial charge in [-0.3, -0.25) is 5.32 Å². The molecule has 32 heavy (non-hydrogen) atoms. The SMILES string of the molecule is CCCCc1cc(NC(=O)Nc2ccc(OC)c3ccccc23)n(-c2ccc(C)cc2)n1. The van der Waals surface area contributed by atoms with E-state index in [9.17, 15) is 4.79 Å². The van der Waals surface area contributed by atoms with E-state index in [4.69, 9.17) is 9.84 Å². The van der Waals surface area contributed by atoms with Crippen LogP contribution in [0.3, 0.4) is 0 Å². The second kappa shape index (κ2) is 9.56. The van der Waals surface area contributed by atoms with Gasteiger partial charge in [0, 0.05) is 16.8 Å². The number of carbonyl (C=O) groups excluding carboxylic acids is 1. The summed E-state index contributed by atoms with van der Waals surface area (Å²) >= 11 is 0. The molecule has 0 saturated carbocycles. The van der Waals surface area contributed by atoms with Crippen molar-refractivity contribution in [2.24, 2.45) is 0 Å². The molecule has 0 fully saturated rings. The average molecular weight is 429 g/mol. The van der Waals surface area contributed by atoms with Crippen molar-refractivity contribution in [2.75, 3.05) is 17.7 Å². The molecule has 6 heteroatoms. The molecule has 6 nitrogen and oxygen atoms in total. The summed E-state index contributed by atoms with van der Waals surface area (Å²) in [6, 6.07) is 21.3. The Morgan fingerprint density at radius 1 is 1.00 bits per heavy atom. The molecule has 1 heterocycles. The largest absolute Gasteiger partial charge is 0.496 e. The molecule has 0 atom stereocenters. The summed E-state index contributed by atoms with van der Waals surface area (Å²) < 4.78 is 7.24. The summed E-state index contributed by atoms with van der Waals surface area (Å²) in [6.07, 6.45) is 3.01. The van der Waals surface area contributed by atoms with Crippen LogP contribution in [0.25, 0.3) is 16.5 Å². The Morgan fingerprint density at radius 3 is 2.47 bits per heavy atom. The lowest BCUT2D eigenvalue weighted by molar-refractivity contribution is 0.262. The highest BCUT2D eigenvalue weighted by molar-refractivity contribution is 6.07. The molecule has 2 N–H and O–H groups in total. The van der Waals surface area contributed by atoms with Crippen molar-refractivity contribution in [3.8, 4) is 11.4 Å². The first-order valence-electron chi connectivity index (χ1n) is 10.9. The van der Waals surface area contributed by atoms with E-state index in [0.717, 1.165) is 47.2 Å². The summed E-state index contributed by atoms with van der Waals surface area (Å²) in [6.45, 7) is 4.20. The molecule has 3 aromatic carbocycles. The van der Waals surface area contributed by atoms with E-state index in [1.807, 2.05) is 73.7 Å². The summed E-state index contributed by atoms with van der Waals surface area (Å²) in [4.78, 5) is 12.9. The molecule has 0 unspecified atom stereocenters. The molecule has 4 rings (SSSR count). The molecule has 164 valence electrons. The second-order valence-electron chi connectivity index (χ2n) is 7.81. The van der Waals surface area contributed by atoms with Gasteiger partial charge >= 0.3 is 6.03 Å². The smallest absolute Gasteiger partial charge is 0.324 e. The Bertz CT molecular complexity index is 1230. The van der Waals surface area contributed by atoms with Crippen LogP contribution in [0.4, 0.5) is 16.3 Å². The number of amides is 2. The van der Waals surface area contributed by atoms with Crippen molar-refractivity contribution < 1.29 is 9.53 Å². The zero-order valence-corrected chi connectivity index (χ0v) is 18.7. The molecule has 0 radical (unpaired) electrons. The number of methoxy groups -OCH3 is 1. The van der Waals surface area contributed by atoms with Crippen LogP contribution in [-0.4, -0.2) is 22.9 Å². The maximum Gasteiger partial charge on any atom is 0.324 e. The Kier molecular flexibility index (Phi) is 6.40. The van der Waals surface area contributed by atoms with Crippen LogP contribution >= 0.6 is 0 Å². The van der Waals surface area contributed by atoms with Crippen molar-refractivity contribution in [1.82, 2.24) is 9.78 Å². The molecule has 0 spiro atoms. The number of rotatable bonds is 7. The average Bonchev–Trinajstić information content (AvgIpc) is 3.20. The lowest BCUT2D eigenvalue weighted by Crippen LogP contribution is -2.21. The second-order valence-corrected chi connectivity index (χ2v) is 7.81. The Balaban J connectivity index is 1.61. The first-order valence-corrected chi connectivity index (χ1v) is 10.9. The quantitative estimate of drug-likeness (QED) is 0.361. The van der Waals surface area contributed by atoms with Crippen molar-refractivity contribution in [2.45, 2.75) is 33.1 Å². The van der Waals surface area contributed by atoms with Crippen molar-refractivity contribution >= 4 is 28.3 Å². The number of urea groups is 1. The summed E-state index contributed by atoms with van der Waals surface area (Å²) in [5.41, 5.74) is 3.75. The molecule has 0 saturated heterocycles. The molecule has 2 amide bonds. The lowest BCUT2D eigenvalue weighted by atomic mass is 10.1. The van der Waals surface area contributed by atoms with Crippen LogP contribution in [0.2, 0.25) is 0 Å². The van der Waals surface area contributed by atoms with E-state index in [2.05, 4.69) is 17.6 Å². The fourth-order valence-corrected chi connectivity index (χ4v) is 3.71. The molecule has 0 aliphatic carbocycles. The van der Waals surface area contributed by atoms with Gasteiger partial charge in [0.05, 0.1) is 24.2 Å². The van der Waals surface area contributed by atoms with Crippen molar-refractivity contribution in [1.29, 1.82) is 0 Å². The van der Waals surface area contributed by atoms with Gasteiger partial charge in [0.25, 0.3) is 0 Å². The fourth-order valence-electron chi connectivity index (χ4n) is 3.71. The van der Waals surface area contributed by atoms with Gasteiger partial charge in [-0.2, -0.15) is 5.10 Å². The van der Waals surface area contributed by atoms with E-state index in [1.165, 1.54) is 5.56 Å². The third kappa shape index (κ3) is 4.59. The predicted octanol–water partition coefficient (Wildman–Crippen LogP) is 6.33. The molecule has 1 aromatic heterocycles. The fraction of sp³-hybridized carbons (Fsp3) is 0.231. The standard InChI is InChI=1S/C26H28N4O2/c1-4-5-8-19-17-25(30(29-19)20-13-11-18(2)12-14-20)28-26(31)27-23-15-16-24(32-3)22-10-7-6-9-21(22)23/h6-7,9-17H,4-5,8H2,1-3H3,(H2,27,28,31). The third-order valence-electron chi connectivity index (χ3n) is 5.42. The molecule has 0 bridgehead atoms. The Hall–Kier alpha value is -3.80. The van der Waals surface area contributed by atoms with E-state index >= 15 is 0 Å². The normalized spacial score (nSPS) is 10.8. The Morgan fingerprint density at radius 2 is 1.75 bits per heavy atom. The number of nitrogens with one attached hydrogen (secondary N) is 2. The van der Waals surface area contributed by atoms with Gasteiger partial charge in [-0.15, -0.1) is 0 Å². The number of aryl methyl sites for hydroxylation is 2. The molecule has 4 aromatic rings. The van der Waals surface area contributed by atoms with Crippen LogP contribution < -0.4 is 15.4 Å². The van der Waals surface area contributed by atoms with Crippen LogP contribution in [-0.2, 0) is 6.42 Å². The molecular weight excluding hydrogens is 400 g/mol. The Labute approximate surface area is 188 Å². The van der Waals surface area contributed by atoms with E-state index in [0.29, 0.717) is 11.5 Å². The summed E-state index contributed by atoms with van der Waals surface area (Å²) in [7, 11) is 1.64. The zero-order chi connectivity index (χ0) is 22.5. The number of nitrogens with zero attached hydrogens (tertiary/aromatic N) is 2. The highest BCUT2D eigenvalue weighted by Crippen LogP contribution is 2.31. The van der Waals surface area contributed by atoms with Crippen LogP contribution in [0, 0.1) is 6.92 Å². The number of carbonyl (C=O) groups is 1. The molecule has 0 aliphatic rings. The van der Waals surface area contributed by atoms with Crippen molar-refractivity contribution in [3.63, 3.8) is 0 Å². The first-order chi connectivity index (χ1) is 15.6. The zero-order valence-electron chi connectivity index (χ0n) is 18.7. The maximum atomic E-state index is 12.9. The molecule has 0 aliphatic heterocycles. The minimum atomic E-state index is -0.323. The van der Waals surface area contributed by atoms with Gasteiger partial charge in [-0.05, 0) is 44.0 Å². The third-order valence-corrected chi connectivity index (χ3v) is 5.42. The van der Waals surface area contributed by atoms with Crippen molar-refractivity contribution in [3.05, 3.63) is 78.0 Å². The summed E-state index contributed by atoms with van der Waals surface area (Å²) in [5.74, 6) is 1.40. The number of fused-ring (bicyclic) bond motifs is 1. The first kappa shape index (κ1) is 21.4. The highest BCUT2D eigenvalue weighted by Gasteiger charge is 2.14. The number of unbranched alkanes of at least 4 members (excludes halogenated alkanes) is 1. The van der Waals surface area contributed by atoms with E-state index in [1.54, 1.807) is 11.8 Å². The van der Waals surface area contributed by atoms with Gasteiger partial charge in [-0.25, -0.2) is 9.48 Å². The number of aromatic nitrogens is 2. The highest BCUT2D eigenvalue weighted by atomic mass is 16.5. The number of anilines is 2. The number of benzene rings is 3. The van der Waals surface area contributed by atoms with E-state index in [-0.39, 0.29) is 6.03 Å². The monoisotopic (exact) mass is 428 g/mol. The van der Waals surface area contributed by atoms with Crippen LogP contribution in [0.15, 0.2) is 66.7 Å². The van der Waals surface area contributed by atoms with E-state index < -0.39 is 0 Å². The van der Waals surface area contributed by atoms with Crippen LogP contribution in [0.1, 0.15) is 31.0 Å². The van der Waals surface area contributed by atoms with Gasteiger partial charge in [-0.1, -0.05) is 55.3 Å². The minimum Gasteiger partial charge on any atom is -0.496 e. The lowest BCUT2D eigenvalue weighted by Gasteiger charge is -2.13. The predicted molar refractivity (Wildman–Crippen MR) is 130 cm³/mol. The maximum absolute atomic E-state index is 12.9. The van der Waals surface area contributed by atoms with Gasteiger partial charge in [0.15, 0.2) is 0 Å².